The fraction of sp³-hybridized carbons (Fsp3) is 0.227. The van der Waals surface area contributed by atoms with E-state index in [1.165, 1.54) is 12.4 Å². The van der Waals surface area contributed by atoms with Gasteiger partial charge in [-0.3, -0.25) is 14.7 Å². The number of amides is 3. The number of anilines is 3. The molecule has 3 aromatic rings. The molecule has 9 nitrogen and oxygen atoms in total. The van der Waals surface area contributed by atoms with Crippen molar-refractivity contribution in [1.82, 2.24) is 15.0 Å². The number of benzene rings is 1. The van der Waals surface area contributed by atoms with E-state index in [-0.39, 0.29) is 23.3 Å². The van der Waals surface area contributed by atoms with E-state index in [1.54, 1.807) is 18.2 Å². The summed E-state index contributed by atoms with van der Waals surface area (Å²) in [7, 11) is 0. The molecule has 0 saturated carbocycles. The third kappa shape index (κ3) is 4.47. The van der Waals surface area contributed by atoms with Gasteiger partial charge in [0, 0.05) is 12.3 Å². The number of nitrogens with zero attached hydrogens (tertiary/aromatic N) is 5. The van der Waals surface area contributed by atoms with E-state index in [9.17, 15) is 22.8 Å². The van der Waals surface area contributed by atoms with Crippen molar-refractivity contribution in [2.45, 2.75) is 25.9 Å². The van der Waals surface area contributed by atoms with E-state index in [0.29, 0.717) is 23.2 Å². The molecule has 1 aliphatic rings. The molecule has 0 radical (unpaired) electrons. The highest BCUT2D eigenvalue weighted by Crippen LogP contribution is 2.37. The Morgan fingerprint density at radius 1 is 1.09 bits per heavy atom. The fourth-order valence-electron chi connectivity index (χ4n) is 3.46. The van der Waals surface area contributed by atoms with Crippen LogP contribution in [0.15, 0.2) is 49.1 Å². The zero-order valence-electron chi connectivity index (χ0n) is 18.1. The van der Waals surface area contributed by atoms with Gasteiger partial charge in [0.05, 0.1) is 23.1 Å². The van der Waals surface area contributed by atoms with Crippen LogP contribution in [-0.4, -0.2) is 33.4 Å². The molecule has 0 bridgehead atoms. The van der Waals surface area contributed by atoms with Gasteiger partial charge in [-0.25, -0.2) is 19.7 Å². The SMILES string of the molecule is CC(C)c1cc(Oc2cc(N)ncn2)ccc1N1C(=O)CN(c2cncc(C(F)(F)F)c2)C1=O. The number of carbonyl (C=O) groups excluding carboxylic acids is 2. The molecule has 0 spiro atoms. The molecule has 0 aliphatic carbocycles. The highest BCUT2D eigenvalue weighted by molar-refractivity contribution is 6.27. The lowest BCUT2D eigenvalue weighted by atomic mass is 10.00. The molecule has 1 aromatic carbocycles. The summed E-state index contributed by atoms with van der Waals surface area (Å²) in [6.07, 6.45) is -1.62. The maximum Gasteiger partial charge on any atom is 0.417 e. The van der Waals surface area contributed by atoms with Crippen molar-refractivity contribution in [3.8, 4) is 11.6 Å². The van der Waals surface area contributed by atoms with Gasteiger partial charge in [-0.2, -0.15) is 13.2 Å². The van der Waals surface area contributed by atoms with Gasteiger partial charge in [-0.05, 0) is 35.7 Å². The van der Waals surface area contributed by atoms with Crippen LogP contribution in [0.2, 0.25) is 0 Å². The second-order valence-electron chi connectivity index (χ2n) is 7.79. The first-order valence-electron chi connectivity index (χ1n) is 10.1. The van der Waals surface area contributed by atoms with Crippen LogP contribution in [0.25, 0.3) is 0 Å². The Bertz CT molecular complexity index is 1260. The van der Waals surface area contributed by atoms with E-state index in [2.05, 4.69) is 15.0 Å². The summed E-state index contributed by atoms with van der Waals surface area (Å²) < 4.78 is 45.0. The number of pyridine rings is 1. The Morgan fingerprint density at radius 2 is 1.85 bits per heavy atom. The number of carbonyl (C=O) groups is 2. The van der Waals surface area contributed by atoms with Crippen molar-refractivity contribution in [1.29, 1.82) is 0 Å². The van der Waals surface area contributed by atoms with Crippen molar-refractivity contribution in [3.63, 3.8) is 0 Å². The summed E-state index contributed by atoms with van der Waals surface area (Å²) in [6.45, 7) is 3.31. The van der Waals surface area contributed by atoms with Crippen LogP contribution >= 0.6 is 0 Å². The molecule has 12 heteroatoms. The van der Waals surface area contributed by atoms with Crippen LogP contribution < -0.4 is 20.3 Å². The number of nitrogen functional groups attached to an aromatic ring is 1. The van der Waals surface area contributed by atoms with Gasteiger partial charge in [0.1, 0.15) is 24.4 Å². The van der Waals surface area contributed by atoms with Gasteiger partial charge in [-0.1, -0.05) is 13.8 Å². The molecule has 1 aliphatic heterocycles. The lowest BCUT2D eigenvalue weighted by molar-refractivity contribution is -0.137. The number of halogens is 3. The summed E-state index contributed by atoms with van der Waals surface area (Å²) >= 11 is 0. The van der Waals surface area contributed by atoms with Gasteiger partial charge in [0.25, 0.3) is 5.91 Å². The largest absolute Gasteiger partial charge is 0.439 e. The Hall–Kier alpha value is -4.22. The van der Waals surface area contributed by atoms with Crippen LogP contribution in [0.4, 0.5) is 35.2 Å². The third-order valence-electron chi connectivity index (χ3n) is 5.08. The molecule has 2 N–H and O–H groups in total. The van der Waals surface area contributed by atoms with Crippen LogP contribution in [0.3, 0.4) is 0 Å². The molecule has 3 heterocycles. The van der Waals surface area contributed by atoms with Crippen LogP contribution in [0.1, 0.15) is 30.9 Å². The normalized spacial score (nSPS) is 14.3. The van der Waals surface area contributed by atoms with E-state index in [4.69, 9.17) is 10.5 Å². The van der Waals surface area contributed by atoms with Gasteiger partial charge < -0.3 is 10.5 Å². The molecule has 0 unspecified atom stereocenters. The maximum absolute atomic E-state index is 13.1. The minimum Gasteiger partial charge on any atom is -0.439 e. The first-order valence-corrected chi connectivity index (χ1v) is 10.1. The highest BCUT2D eigenvalue weighted by Gasteiger charge is 2.40. The number of alkyl halides is 3. The average molecular weight is 472 g/mol. The number of hydrogen-bond donors (Lipinski definition) is 1. The van der Waals surface area contributed by atoms with Gasteiger partial charge >= 0.3 is 12.2 Å². The number of imide groups is 1. The predicted molar refractivity (Wildman–Crippen MR) is 117 cm³/mol. The Labute approximate surface area is 192 Å². The molecular formula is C22H19F3N6O3. The predicted octanol–water partition coefficient (Wildman–Crippen LogP) is 4.36. The monoisotopic (exact) mass is 472 g/mol. The molecular weight excluding hydrogens is 453 g/mol. The standard InChI is InChI=1S/C22H19F3N6O3/c1-12(2)16-6-15(34-19-7-18(26)28-11-29-19)3-4-17(16)31-20(32)10-30(21(31)33)14-5-13(8-27-9-14)22(23,24)25/h3-9,11-12H,10H2,1-2H3,(H2,26,28,29). The summed E-state index contributed by atoms with van der Waals surface area (Å²) in [6, 6.07) is 6.21. The number of urea groups is 1. The molecule has 176 valence electrons. The Balaban J connectivity index is 1.66. The summed E-state index contributed by atoms with van der Waals surface area (Å²) in [5.41, 5.74) is 5.42. The molecule has 3 amide bonds. The van der Waals surface area contributed by atoms with Crippen molar-refractivity contribution < 1.29 is 27.5 Å². The summed E-state index contributed by atoms with van der Waals surface area (Å²) in [5.74, 6) is 0.124. The number of hydrogen-bond acceptors (Lipinski definition) is 7. The fourth-order valence-corrected chi connectivity index (χ4v) is 3.46. The van der Waals surface area contributed by atoms with Crippen molar-refractivity contribution >= 4 is 29.1 Å². The van der Waals surface area contributed by atoms with Gasteiger partial charge in [0.15, 0.2) is 0 Å². The molecule has 4 rings (SSSR count). The van der Waals surface area contributed by atoms with E-state index >= 15 is 0 Å². The number of ether oxygens (including phenoxy) is 1. The second kappa shape index (κ2) is 8.61. The van der Waals surface area contributed by atoms with E-state index in [0.717, 1.165) is 22.1 Å². The zero-order valence-corrected chi connectivity index (χ0v) is 18.1. The molecule has 2 aromatic heterocycles. The zero-order chi connectivity index (χ0) is 24.6. The molecule has 0 atom stereocenters. The van der Waals surface area contributed by atoms with Crippen LogP contribution in [0.5, 0.6) is 11.6 Å². The third-order valence-corrected chi connectivity index (χ3v) is 5.08. The number of nitrogens with two attached hydrogens (primary N) is 1. The second-order valence-corrected chi connectivity index (χ2v) is 7.79. The van der Waals surface area contributed by atoms with Crippen molar-refractivity contribution in [2.24, 2.45) is 0 Å². The van der Waals surface area contributed by atoms with Crippen molar-refractivity contribution in [3.05, 3.63) is 60.2 Å². The topological polar surface area (TPSA) is 115 Å². The van der Waals surface area contributed by atoms with Crippen molar-refractivity contribution in [2.75, 3.05) is 22.1 Å². The molecule has 1 fully saturated rings. The Morgan fingerprint density at radius 3 is 2.53 bits per heavy atom. The number of aromatic nitrogens is 3. The van der Waals surface area contributed by atoms with Crippen LogP contribution in [-0.2, 0) is 11.0 Å². The lowest BCUT2D eigenvalue weighted by Gasteiger charge is -2.22. The quantitative estimate of drug-likeness (QED) is 0.549. The highest BCUT2D eigenvalue weighted by atomic mass is 19.4. The lowest BCUT2D eigenvalue weighted by Crippen LogP contribution is -2.34. The van der Waals surface area contributed by atoms with Gasteiger partial charge in [-0.15, -0.1) is 0 Å². The minimum absolute atomic E-state index is 0.122. The smallest absolute Gasteiger partial charge is 0.417 e. The summed E-state index contributed by atoms with van der Waals surface area (Å²) in [5, 5.41) is 0. The Kier molecular flexibility index (Phi) is 5.82. The first-order chi connectivity index (χ1) is 16.0. The maximum atomic E-state index is 13.1. The van der Waals surface area contributed by atoms with E-state index in [1.807, 2.05) is 13.8 Å². The number of rotatable bonds is 5. The molecule has 34 heavy (non-hydrogen) atoms. The van der Waals surface area contributed by atoms with Crippen LogP contribution in [0, 0.1) is 0 Å². The summed E-state index contributed by atoms with van der Waals surface area (Å²) in [4.78, 5) is 39.2. The first kappa shape index (κ1) is 23.0. The van der Waals surface area contributed by atoms with E-state index < -0.39 is 30.2 Å². The minimum atomic E-state index is -4.63. The molecule has 1 saturated heterocycles. The van der Waals surface area contributed by atoms with Gasteiger partial charge in [0.2, 0.25) is 5.88 Å². The average Bonchev–Trinajstić information content (AvgIpc) is 3.07.